The molecule has 0 N–H and O–H groups in total. The maximum absolute atomic E-state index is 13.5. The third kappa shape index (κ3) is 1.95. The molecule has 1 aromatic carbocycles. The summed E-state index contributed by atoms with van der Waals surface area (Å²) in [5, 5.41) is 3.91. The minimum Gasteiger partial charge on any atom is -0.287 e. The number of halogens is 2. The average Bonchev–Trinajstić information content (AvgIpc) is 2.80. The molecule has 0 amide bonds. The predicted octanol–water partition coefficient (Wildman–Crippen LogP) is 2.41. The van der Waals surface area contributed by atoms with Crippen LogP contribution in [-0.2, 0) is 6.54 Å². The fraction of sp³-hybridized carbons (Fsp3) is 0.167. The molecule has 5 heteroatoms. The van der Waals surface area contributed by atoms with Gasteiger partial charge in [0.05, 0.1) is 5.56 Å². The Balaban J connectivity index is 2.48. The van der Waals surface area contributed by atoms with Crippen LogP contribution in [0.25, 0.3) is 0 Å². The highest BCUT2D eigenvalue weighted by atomic mass is 19.2. The van der Waals surface area contributed by atoms with Gasteiger partial charge >= 0.3 is 0 Å². The van der Waals surface area contributed by atoms with E-state index in [0.29, 0.717) is 6.54 Å². The number of hydrogen-bond acceptors (Lipinski definition) is 2. The number of aromatic nitrogens is 2. The number of nitrogens with zero attached hydrogens (tertiary/aromatic N) is 2. The van der Waals surface area contributed by atoms with Gasteiger partial charge in [0.15, 0.2) is 11.6 Å². The third-order valence-electron chi connectivity index (χ3n) is 2.44. The largest absolute Gasteiger partial charge is 0.287 e. The molecule has 1 heterocycles. The van der Waals surface area contributed by atoms with Crippen molar-refractivity contribution in [3.63, 3.8) is 0 Å². The lowest BCUT2D eigenvalue weighted by Gasteiger charge is -2.05. The lowest BCUT2D eigenvalue weighted by Crippen LogP contribution is -2.12. The molecule has 0 fully saturated rings. The fourth-order valence-electron chi connectivity index (χ4n) is 1.59. The Bertz CT molecular complexity index is 563. The van der Waals surface area contributed by atoms with Crippen molar-refractivity contribution in [3.8, 4) is 0 Å². The van der Waals surface area contributed by atoms with Crippen LogP contribution in [-0.4, -0.2) is 15.6 Å². The van der Waals surface area contributed by atoms with E-state index in [0.717, 1.165) is 6.07 Å². The standard InChI is InChI=1S/C12H10F2N2O/c1-2-16-10(6-7-15-16)12(17)8-4-3-5-9(13)11(8)14/h3-7H,2H2,1H3. The first-order valence-electron chi connectivity index (χ1n) is 5.15. The molecular formula is C12H10F2N2O. The van der Waals surface area contributed by atoms with Gasteiger partial charge in [0.1, 0.15) is 5.69 Å². The quantitative estimate of drug-likeness (QED) is 0.767. The van der Waals surface area contributed by atoms with E-state index < -0.39 is 17.4 Å². The summed E-state index contributed by atoms with van der Waals surface area (Å²) in [6.45, 7) is 2.30. The summed E-state index contributed by atoms with van der Waals surface area (Å²) in [7, 11) is 0. The molecule has 17 heavy (non-hydrogen) atoms. The molecule has 0 spiro atoms. The molecular weight excluding hydrogens is 226 g/mol. The molecule has 0 radical (unpaired) electrons. The number of benzene rings is 1. The topological polar surface area (TPSA) is 34.9 Å². The van der Waals surface area contributed by atoms with Crippen molar-refractivity contribution in [2.45, 2.75) is 13.5 Å². The summed E-state index contributed by atoms with van der Waals surface area (Å²) in [6, 6.07) is 5.02. The zero-order chi connectivity index (χ0) is 12.4. The highest BCUT2D eigenvalue weighted by molar-refractivity contribution is 6.08. The molecule has 3 nitrogen and oxygen atoms in total. The lowest BCUT2D eigenvalue weighted by atomic mass is 10.1. The molecule has 0 bridgehead atoms. The number of carbonyl (C=O) groups is 1. The van der Waals surface area contributed by atoms with Gasteiger partial charge in [0, 0.05) is 12.7 Å². The van der Waals surface area contributed by atoms with Crippen molar-refractivity contribution in [1.82, 2.24) is 9.78 Å². The van der Waals surface area contributed by atoms with Gasteiger partial charge in [-0.2, -0.15) is 5.10 Å². The van der Waals surface area contributed by atoms with Crippen molar-refractivity contribution in [2.24, 2.45) is 0 Å². The third-order valence-corrected chi connectivity index (χ3v) is 2.44. The monoisotopic (exact) mass is 236 g/mol. The lowest BCUT2D eigenvalue weighted by molar-refractivity contribution is 0.102. The van der Waals surface area contributed by atoms with Gasteiger partial charge in [-0.05, 0) is 25.1 Å². The summed E-state index contributed by atoms with van der Waals surface area (Å²) >= 11 is 0. The van der Waals surface area contributed by atoms with E-state index in [4.69, 9.17) is 0 Å². The maximum atomic E-state index is 13.5. The molecule has 2 rings (SSSR count). The van der Waals surface area contributed by atoms with Crippen molar-refractivity contribution >= 4 is 5.78 Å². The van der Waals surface area contributed by atoms with E-state index in [9.17, 15) is 13.6 Å². The van der Waals surface area contributed by atoms with Gasteiger partial charge in [-0.25, -0.2) is 8.78 Å². The summed E-state index contributed by atoms with van der Waals surface area (Å²) in [6.07, 6.45) is 1.45. The van der Waals surface area contributed by atoms with Crippen LogP contribution in [0.3, 0.4) is 0 Å². The minimum atomic E-state index is -1.12. The first-order valence-corrected chi connectivity index (χ1v) is 5.15. The molecule has 0 aliphatic rings. The first-order chi connectivity index (χ1) is 8.15. The zero-order valence-corrected chi connectivity index (χ0v) is 9.15. The van der Waals surface area contributed by atoms with Crippen LogP contribution in [0.5, 0.6) is 0 Å². The molecule has 1 aromatic heterocycles. The SMILES string of the molecule is CCn1nccc1C(=O)c1cccc(F)c1F. The van der Waals surface area contributed by atoms with Crippen molar-refractivity contribution in [1.29, 1.82) is 0 Å². The number of hydrogen-bond donors (Lipinski definition) is 0. The van der Waals surface area contributed by atoms with Crippen LogP contribution in [0.1, 0.15) is 23.0 Å². The van der Waals surface area contributed by atoms with Crippen LogP contribution in [0.15, 0.2) is 30.5 Å². The van der Waals surface area contributed by atoms with Crippen molar-refractivity contribution in [2.75, 3.05) is 0 Å². The van der Waals surface area contributed by atoms with Gasteiger partial charge in [0.25, 0.3) is 0 Å². The molecule has 0 saturated heterocycles. The number of aryl methyl sites for hydroxylation is 1. The smallest absolute Gasteiger partial charge is 0.214 e. The Hall–Kier alpha value is -2.04. The average molecular weight is 236 g/mol. The summed E-state index contributed by atoms with van der Waals surface area (Å²) in [4.78, 5) is 12.0. The Morgan fingerprint density at radius 2 is 2.12 bits per heavy atom. The van der Waals surface area contributed by atoms with Gasteiger partial charge < -0.3 is 0 Å². The van der Waals surface area contributed by atoms with Gasteiger partial charge in [-0.3, -0.25) is 9.48 Å². The minimum absolute atomic E-state index is 0.247. The highest BCUT2D eigenvalue weighted by Crippen LogP contribution is 2.15. The van der Waals surface area contributed by atoms with Gasteiger partial charge in [-0.15, -0.1) is 0 Å². The summed E-state index contributed by atoms with van der Waals surface area (Å²) in [5.74, 6) is -2.72. The Morgan fingerprint density at radius 3 is 2.82 bits per heavy atom. The van der Waals surface area contributed by atoms with Gasteiger partial charge in [-0.1, -0.05) is 6.07 Å². The molecule has 0 aliphatic carbocycles. The van der Waals surface area contributed by atoms with E-state index in [1.54, 1.807) is 0 Å². The number of rotatable bonds is 3. The predicted molar refractivity (Wildman–Crippen MR) is 57.7 cm³/mol. The molecule has 2 aromatic rings. The van der Waals surface area contributed by atoms with E-state index in [-0.39, 0.29) is 11.3 Å². The summed E-state index contributed by atoms with van der Waals surface area (Å²) < 4.78 is 27.9. The van der Waals surface area contributed by atoms with E-state index >= 15 is 0 Å². The second-order valence-corrected chi connectivity index (χ2v) is 3.46. The van der Waals surface area contributed by atoms with E-state index in [1.165, 1.54) is 29.1 Å². The number of ketones is 1. The van der Waals surface area contributed by atoms with Crippen molar-refractivity contribution < 1.29 is 13.6 Å². The van der Waals surface area contributed by atoms with Crippen LogP contribution in [0.4, 0.5) is 8.78 Å². The summed E-state index contributed by atoms with van der Waals surface area (Å²) in [5.41, 5.74) is -0.0304. The van der Waals surface area contributed by atoms with E-state index in [1.807, 2.05) is 6.92 Å². The molecule has 0 atom stereocenters. The second-order valence-electron chi connectivity index (χ2n) is 3.46. The number of carbonyl (C=O) groups excluding carboxylic acids is 1. The molecule has 88 valence electrons. The van der Waals surface area contributed by atoms with Crippen LogP contribution in [0.2, 0.25) is 0 Å². The molecule has 0 unspecified atom stereocenters. The highest BCUT2D eigenvalue weighted by Gasteiger charge is 2.19. The fourth-order valence-corrected chi connectivity index (χ4v) is 1.59. The zero-order valence-electron chi connectivity index (χ0n) is 9.15. The van der Waals surface area contributed by atoms with Gasteiger partial charge in [0.2, 0.25) is 5.78 Å². The normalized spacial score (nSPS) is 10.5. The van der Waals surface area contributed by atoms with Crippen LogP contribution < -0.4 is 0 Å². The van der Waals surface area contributed by atoms with Crippen LogP contribution >= 0.6 is 0 Å². The maximum Gasteiger partial charge on any atom is 0.214 e. The molecule has 0 saturated carbocycles. The Morgan fingerprint density at radius 1 is 1.35 bits per heavy atom. The first kappa shape index (κ1) is 11.4. The van der Waals surface area contributed by atoms with Crippen molar-refractivity contribution in [3.05, 3.63) is 53.4 Å². The second kappa shape index (κ2) is 4.45. The van der Waals surface area contributed by atoms with Crippen LogP contribution in [0, 0.1) is 11.6 Å². The Kier molecular flexibility index (Phi) is 2.99. The molecule has 0 aliphatic heterocycles. The Labute approximate surface area is 96.7 Å². The van der Waals surface area contributed by atoms with E-state index in [2.05, 4.69) is 5.10 Å².